The fraction of sp³-hybridized carbons (Fsp3) is 0.367. The van der Waals surface area contributed by atoms with Crippen LogP contribution in [0.1, 0.15) is 67.0 Å². The van der Waals surface area contributed by atoms with Crippen LogP contribution in [0.15, 0.2) is 65.6 Å². The number of hydrogen-bond acceptors (Lipinski definition) is 6. The summed E-state index contributed by atoms with van der Waals surface area (Å²) in [6, 6.07) is 17.7. The molecule has 0 aromatic heterocycles. The van der Waals surface area contributed by atoms with Gasteiger partial charge in [0, 0.05) is 24.1 Å². The Kier molecular flexibility index (Phi) is 9.74. The third-order valence-electron chi connectivity index (χ3n) is 6.54. The molecule has 210 valence electrons. The molecule has 0 saturated heterocycles. The molecular formula is C30H38N2O5S2. The van der Waals surface area contributed by atoms with Crippen LogP contribution in [0.4, 0.5) is 5.69 Å². The van der Waals surface area contributed by atoms with Crippen LogP contribution < -0.4 is 5.32 Å². The van der Waals surface area contributed by atoms with Crippen molar-refractivity contribution in [2.75, 3.05) is 25.7 Å². The van der Waals surface area contributed by atoms with Crippen molar-refractivity contribution in [2.45, 2.75) is 56.2 Å². The van der Waals surface area contributed by atoms with E-state index in [0.717, 1.165) is 12.1 Å². The minimum atomic E-state index is -3.51. The van der Waals surface area contributed by atoms with E-state index in [4.69, 9.17) is 0 Å². The minimum absolute atomic E-state index is 0.126. The number of carbonyl (C=O) groups excluding carboxylic acids is 1. The summed E-state index contributed by atoms with van der Waals surface area (Å²) in [5.41, 5.74) is 4.64. The van der Waals surface area contributed by atoms with Gasteiger partial charge in [-0.15, -0.1) is 0 Å². The van der Waals surface area contributed by atoms with Crippen molar-refractivity contribution >= 4 is 32.1 Å². The first-order valence-electron chi connectivity index (χ1n) is 12.9. The molecule has 0 bridgehead atoms. The van der Waals surface area contributed by atoms with Gasteiger partial charge in [-0.25, -0.2) is 16.8 Å². The van der Waals surface area contributed by atoms with E-state index in [0.29, 0.717) is 33.5 Å². The highest BCUT2D eigenvalue weighted by atomic mass is 32.2. The fourth-order valence-electron chi connectivity index (χ4n) is 4.76. The van der Waals surface area contributed by atoms with Gasteiger partial charge in [-0.05, 0) is 71.9 Å². The van der Waals surface area contributed by atoms with E-state index in [1.54, 1.807) is 36.4 Å². The molecule has 1 atom stereocenters. The van der Waals surface area contributed by atoms with Crippen LogP contribution in [-0.2, 0) is 31.9 Å². The smallest absolute Gasteiger partial charge is 0.247 e. The number of amides is 1. The van der Waals surface area contributed by atoms with Crippen molar-refractivity contribution < 1.29 is 21.6 Å². The average Bonchev–Trinajstić information content (AvgIpc) is 2.84. The lowest BCUT2D eigenvalue weighted by molar-refractivity contribution is -0.115. The van der Waals surface area contributed by atoms with Gasteiger partial charge in [-0.3, -0.25) is 4.79 Å². The second-order valence-corrected chi connectivity index (χ2v) is 13.8. The summed E-state index contributed by atoms with van der Waals surface area (Å²) in [6.07, 6.45) is 1.17. The van der Waals surface area contributed by atoms with Crippen LogP contribution in [0.25, 0.3) is 11.1 Å². The van der Waals surface area contributed by atoms with E-state index in [9.17, 15) is 21.6 Å². The van der Waals surface area contributed by atoms with Crippen LogP contribution in [0.5, 0.6) is 0 Å². The Bertz CT molecular complexity index is 1490. The summed E-state index contributed by atoms with van der Waals surface area (Å²) in [4.78, 5) is 15.8. The number of sulfone groups is 1. The van der Waals surface area contributed by atoms with Gasteiger partial charge in [0.15, 0.2) is 25.8 Å². The van der Waals surface area contributed by atoms with Crippen molar-refractivity contribution in [1.82, 2.24) is 4.90 Å². The molecule has 0 heterocycles. The monoisotopic (exact) mass is 570 g/mol. The van der Waals surface area contributed by atoms with Crippen LogP contribution in [0.2, 0.25) is 0 Å². The highest BCUT2D eigenvalue weighted by Crippen LogP contribution is 2.40. The molecule has 0 radical (unpaired) electrons. The first-order chi connectivity index (χ1) is 18.2. The minimum Gasteiger partial charge on any atom is -0.325 e. The molecule has 1 N–H and O–H groups in total. The number of benzene rings is 3. The van der Waals surface area contributed by atoms with Gasteiger partial charge in [-0.2, -0.15) is 0 Å². The normalized spacial score (nSPS) is 12.9. The lowest BCUT2D eigenvalue weighted by Crippen LogP contribution is -2.25. The molecule has 0 saturated carbocycles. The molecule has 0 aliphatic rings. The zero-order valence-corrected chi connectivity index (χ0v) is 25.3. The fourth-order valence-corrected chi connectivity index (χ4v) is 6.43. The van der Waals surface area contributed by atoms with Crippen molar-refractivity contribution in [3.05, 3.63) is 82.9 Å². The van der Waals surface area contributed by atoms with E-state index in [1.807, 2.05) is 71.0 Å². The number of rotatable bonds is 10. The van der Waals surface area contributed by atoms with Gasteiger partial charge < -0.3 is 10.2 Å². The highest BCUT2D eigenvalue weighted by Gasteiger charge is 2.31. The topological polar surface area (TPSA) is 101 Å². The highest BCUT2D eigenvalue weighted by molar-refractivity contribution is 7.90. The van der Waals surface area contributed by atoms with Gasteiger partial charge >= 0.3 is 0 Å². The SMILES string of the molecule is CC(C)c1cc(-c2ccccc2S(C)(=O)=O)cc(C(C)C)c1C(C(=O)Nc1ccc(CN(C)C)cc1)[SH](=O)=O. The molecule has 9 heteroatoms. The van der Waals surface area contributed by atoms with E-state index in [1.165, 1.54) is 6.26 Å². The Balaban J connectivity index is 2.16. The molecule has 1 amide bonds. The average molecular weight is 571 g/mol. The Labute approximate surface area is 234 Å². The zero-order valence-electron chi connectivity index (χ0n) is 23.6. The van der Waals surface area contributed by atoms with Crippen LogP contribution >= 0.6 is 0 Å². The van der Waals surface area contributed by atoms with Gasteiger partial charge in [0.2, 0.25) is 5.91 Å². The van der Waals surface area contributed by atoms with E-state index in [2.05, 4.69) is 5.32 Å². The number of hydrogen-bond donors (Lipinski definition) is 2. The van der Waals surface area contributed by atoms with Crippen molar-refractivity contribution in [2.24, 2.45) is 0 Å². The van der Waals surface area contributed by atoms with Crippen LogP contribution in [-0.4, -0.2) is 48.0 Å². The van der Waals surface area contributed by atoms with E-state index in [-0.39, 0.29) is 16.7 Å². The molecule has 7 nitrogen and oxygen atoms in total. The lowest BCUT2D eigenvalue weighted by Gasteiger charge is -2.25. The van der Waals surface area contributed by atoms with Crippen LogP contribution in [0.3, 0.4) is 0 Å². The van der Waals surface area contributed by atoms with E-state index >= 15 is 0 Å². The number of nitrogens with one attached hydrogen (secondary N) is 1. The van der Waals surface area contributed by atoms with Gasteiger partial charge in [0.25, 0.3) is 0 Å². The maximum atomic E-state index is 13.5. The molecule has 3 aromatic rings. The van der Waals surface area contributed by atoms with E-state index < -0.39 is 31.7 Å². The molecule has 0 aliphatic carbocycles. The van der Waals surface area contributed by atoms with Crippen LogP contribution in [0, 0.1) is 0 Å². The summed E-state index contributed by atoms with van der Waals surface area (Å²) in [6.45, 7) is 8.49. The van der Waals surface area contributed by atoms with Gasteiger partial charge in [-0.1, -0.05) is 70.2 Å². The number of anilines is 1. The Hall–Kier alpha value is -3.01. The predicted molar refractivity (Wildman–Crippen MR) is 159 cm³/mol. The first kappa shape index (κ1) is 30.5. The maximum Gasteiger partial charge on any atom is 0.247 e. The molecule has 39 heavy (non-hydrogen) atoms. The predicted octanol–water partition coefficient (Wildman–Crippen LogP) is 5.36. The molecule has 0 spiro atoms. The maximum absolute atomic E-state index is 13.5. The van der Waals surface area contributed by atoms with Gasteiger partial charge in [0.1, 0.15) is 0 Å². The molecule has 0 fully saturated rings. The second-order valence-electron chi connectivity index (χ2n) is 10.8. The standard InChI is InChI=1S/C30H38N2O5S2/c1-19(2)25-16-22(24-10-8-9-11-27(24)39(7,36)37)17-26(20(3)4)28(25)29(38(34)35)30(33)31-23-14-12-21(13-15-23)18-32(5)6/h8-17,19-20,29,38H,18H2,1-7H3,(H,31,33). The number of thiol groups is 1. The molecular weight excluding hydrogens is 532 g/mol. The first-order valence-corrected chi connectivity index (χ1v) is 16.0. The molecule has 3 rings (SSSR count). The summed E-state index contributed by atoms with van der Waals surface area (Å²) in [5.74, 6) is -0.878. The van der Waals surface area contributed by atoms with Gasteiger partial charge in [0.05, 0.1) is 4.90 Å². The molecule has 1 unspecified atom stereocenters. The summed E-state index contributed by atoms with van der Waals surface area (Å²) >= 11 is 0. The number of carbonyl (C=O) groups is 1. The van der Waals surface area contributed by atoms with Crippen molar-refractivity contribution in [3.63, 3.8) is 0 Å². The number of nitrogens with zero attached hydrogens (tertiary/aromatic N) is 1. The Morgan fingerprint density at radius 3 is 1.90 bits per heavy atom. The quantitative estimate of drug-likeness (QED) is 0.319. The van der Waals surface area contributed by atoms with Crippen molar-refractivity contribution in [3.8, 4) is 11.1 Å². The second kappa shape index (κ2) is 12.4. The molecule has 3 aromatic carbocycles. The molecule has 0 aliphatic heterocycles. The Morgan fingerprint density at radius 1 is 0.897 bits per heavy atom. The van der Waals surface area contributed by atoms with Crippen molar-refractivity contribution in [1.29, 1.82) is 0 Å². The Morgan fingerprint density at radius 2 is 1.44 bits per heavy atom. The largest absolute Gasteiger partial charge is 0.325 e. The third kappa shape index (κ3) is 7.35. The lowest BCUT2D eigenvalue weighted by atomic mass is 9.83. The summed E-state index contributed by atoms with van der Waals surface area (Å²) < 4.78 is 50.4. The summed E-state index contributed by atoms with van der Waals surface area (Å²) in [7, 11) is -2.75. The third-order valence-corrected chi connectivity index (χ3v) is 8.61. The summed E-state index contributed by atoms with van der Waals surface area (Å²) in [5, 5.41) is 1.39. The zero-order chi connectivity index (χ0) is 29.1.